The molecular formula is C11H20BrNO2. The Morgan fingerprint density at radius 3 is 2.67 bits per heavy atom. The minimum atomic E-state index is -0.220. The van der Waals surface area contributed by atoms with Crippen LogP contribution in [0.4, 0.5) is 0 Å². The van der Waals surface area contributed by atoms with E-state index in [4.69, 9.17) is 4.74 Å². The van der Waals surface area contributed by atoms with Crippen LogP contribution >= 0.6 is 15.9 Å². The average molecular weight is 278 g/mol. The molecule has 3 nitrogen and oxygen atoms in total. The summed E-state index contributed by atoms with van der Waals surface area (Å²) in [5, 5.41) is 0.773. The van der Waals surface area contributed by atoms with Gasteiger partial charge in [0, 0.05) is 24.5 Å². The summed E-state index contributed by atoms with van der Waals surface area (Å²) >= 11 is 3.43. The SMILES string of the molecule is CN(C(=O)C1CCCCO1)C(C)(C)CBr. The molecule has 15 heavy (non-hydrogen) atoms. The quantitative estimate of drug-likeness (QED) is 0.741. The maximum absolute atomic E-state index is 12.1. The van der Waals surface area contributed by atoms with Crippen LogP contribution in [0.5, 0.6) is 0 Å². The molecule has 1 aliphatic rings. The molecule has 1 fully saturated rings. The maximum Gasteiger partial charge on any atom is 0.251 e. The number of hydrogen-bond donors (Lipinski definition) is 0. The van der Waals surface area contributed by atoms with Crippen LogP contribution in [0, 0.1) is 0 Å². The Kier molecular flexibility index (Phi) is 4.59. The predicted octanol–water partition coefficient (Wildman–Crippen LogP) is 2.19. The summed E-state index contributed by atoms with van der Waals surface area (Å²) < 4.78 is 5.49. The summed E-state index contributed by atoms with van der Waals surface area (Å²) in [7, 11) is 1.85. The number of amides is 1. The van der Waals surface area contributed by atoms with Crippen molar-refractivity contribution in [3.8, 4) is 0 Å². The van der Waals surface area contributed by atoms with Crippen LogP contribution in [0.3, 0.4) is 0 Å². The number of carbonyl (C=O) groups excluding carboxylic acids is 1. The molecule has 0 radical (unpaired) electrons. The third kappa shape index (κ3) is 3.18. The summed E-state index contributed by atoms with van der Waals surface area (Å²) in [6, 6.07) is 0. The predicted molar refractivity (Wildman–Crippen MR) is 64.2 cm³/mol. The number of likely N-dealkylation sites (N-methyl/N-ethyl adjacent to an activating group) is 1. The Labute approximate surface area is 100 Å². The summed E-state index contributed by atoms with van der Waals surface area (Å²) in [6.45, 7) is 4.81. The Morgan fingerprint density at radius 2 is 2.20 bits per heavy atom. The smallest absolute Gasteiger partial charge is 0.251 e. The Morgan fingerprint density at radius 1 is 1.53 bits per heavy atom. The van der Waals surface area contributed by atoms with Crippen molar-refractivity contribution >= 4 is 21.8 Å². The zero-order valence-corrected chi connectivity index (χ0v) is 11.3. The zero-order chi connectivity index (χ0) is 11.5. The van der Waals surface area contributed by atoms with E-state index in [0.29, 0.717) is 0 Å². The van der Waals surface area contributed by atoms with Gasteiger partial charge in [-0.15, -0.1) is 0 Å². The lowest BCUT2D eigenvalue weighted by Gasteiger charge is -2.37. The van der Waals surface area contributed by atoms with Gasteiger partial charge in [0.25, 0.3) is 5.91 Å². The van der Waals surface area contributed by atoms with Gasteiger partial charge in [-0.25, -0.2) is 0 Å². The Hall–Kier alpha value is -0.0900. The molecule has 0 saturated carbocycles. The summed E-state index contributed by atoms with van der Waals surface area (Å²) in [6.07, 6.45) is 2.82. The first-order valence-corrected chi connectivity index (χ1v) is 6.56. The number of nitrogens with zero attached hydrogens (tertiary/aromatic N) is 1. The molecule has 0 N–H and O–H groups in total. The Balaban J connectivity index is 2.58. The van der Waals surface area contributed by atoms with Gasteiger partial charge in [0.2, 0.25) is 0 Å². The lowest BCUT2D eigenvalue weighted by Crippen LogP contribution is -2.51. The van der Waals surface area contributed by atoms with Crippen LogP contribution in [-0.2, 0) is 9.53 Å². The van der Waals surface area contributed by atoms with Crippen LogP contribution in [0.2, 0.25) is 0 Å². The van der Waals surface area contributed by atoms with Crippen LogP contribution in [0.1, 0.15) is 33.1 Å². The van der Waals surface area contributed by atoms with Crippen molar-refractivity contribution in [3.05, 3.63) is 0 Å². The zero-order valence-electron chi connectivity index (χ0n) is 9.75. The second kappa shape index (κ2) is 5.30. The lowest BCUT2D eigenvalue weighted by molar-refractivity contribution is -0.149. The van der Waals surface area contributed by atoms with Crippen molar-refractivity contribution in [2.75, 3.05) is 19.0 Å². The number of carbonyl (C=O) groups is 1. The van der Waals surface area contributed by atoms with Crippen molar-refractivity contribution < 1.29 is 9.53 Å². The lowest BCUT2D eigenvalue weighted by atomic mass is 10.0. The number of halogens is 1. The molecule has 1 amide bonds. The topological polar surface area (TPSA) is 29.5 Å². The number of ether oxygens (including phenoxy) is 1. The van der Waals surface area contributed by atoms with E-state index >= 15 is 0 Å². The molecule has 1 rings (SSSR count). The molecule has 1 unspecified atom stereocenters. The van der Waals surface area contributed by atoms with Gasteiger partial charge in [0.15, 0.2) is 0 Å². The van der Waals surface area contributed by atoms with Gasteiger partial charge in [0.1, 0.15) is 6.10 Å². The minimum Gasteiger partial charge on any atom is -0.368 e. The van der Waals surface area contributed by atoms with Gasteiger partial charge >= 0.3 is 0 Å². The van der Waals surface area contributed by atoms with Gasteiger partial charge in [-0.2, -0.15) is 0 Å². The molecule has 0 aromatic rings. The molecule has 88 valence electrons. The molecular weight excluding hydrogens is 258 g/mol. The summed E-state index contributed by atoms with van der Waals surface area (Å²) in [4.78, 5) is 13.9. The third-order valence-corrected chi connectivity index (χ3v) is 4.39. The highest BCUT2D eigenvalue weighted by Crippen LogP contribution is 2.20. The summed E-state index contributed by atoms with van der Waals surface area (Å²) in [5.74, 6) is 0.110. The normalized spacial score (nSPS) is 22.5. The Bertz CT molecular complexity index is 225. The van der Waals surface area contributed by atoms with Gasteiger partial charge < -0.3 is 9.64 Å². The van der Waals surface area contributed by atoms with E-state index in [2.05, 4.69) is 15.9 Å². The van der Waals surface area contributed by atoms with E-state index in [-0.39, 0.29) is 17.6 Å². The van der Waals surface area contributed by atoms with Gasteiger partial charge in [-0.05, 0) is 33.1 Å². The molecule has 1 aliphatic heterocycles. The first-order chi connectivity index (χ1) is 6.99. The largest absolute Gasteiger partial charge is 0.368 e. The number of hydrogen-bond acceptors (Lipinski definition) is 2. The van der Waals surface area contributed by atoms with Crippen LogP contribution < -0.4 is 0 Å². The summed E-state index contributed by atoms with van der Waals surface area (Å²) in [5.41, 5.74) is -0.155. The van der Waals surface area contributed by atoms with Crippen molar-refractivity contribution in [1.29, 1.82) is 0 Å². The number of rotatable bonds is 3. The molecule has 0 spiro atoms. The molecule has 0 aliphatic carbocycles. The van der Waals surface area contributed by atoms with Gasteiger partial charge in [-0.3, -0.25) is 4.79 Å². The van der Waals surface area contributed by atoms with Crippen LogP contribution in [0.25, 0.3) is 0 Å². The van der Waals surface area contributed by atoms with E-state index in [9.17, 15) is 4.79 Å². The third-order valence-electron chi connectivity index (χ3n) is 3.02. The highest BCUT2D eigenvalue weighted by Gasteiger charge is 2.32. The number of alkyl halides is 1. The fraction of sp³-hybridized carbons (Fsp3) is 0.909. The van der Waals surface area contributed by atoms with E-state index < -0.39 is 0 Å². The van der Waals surface area contributed by atoms with E-state index in [1.807, 2.05) is 20.9 Å². The highest BCUT2D eigenvalue weighted by molar-refractivity contribution is 9.09. The molecule has 1 saturated heterocycles. The van der Waals surface area contributed by atoms with Gasteiger partial charge in [-0.1, -0.05) is 15.9 Å². The highest BCUT2D eigenvalue weighted by atomic mass is 79.9. The molecule has 0 aromatic carbocycles. The fourth-order valence-electron chi connectivity index (χ4n) is 1.54. The second-order valence-corrected chi connectivity index (χ2v) is 5.26. The minimum absolute atomic E-state index is 0.110. The standard InChI is InChI=1S/C11H20BrNO2/c1-11(2,8-12)13(3)10(14)9-6-4-5-7-15-9/h9H,4-8H2,1-3H3. The first-order valence-electron chi connectivity index (χ1n) is 5.44. The van der Waals surface area contributed by atoms with E-state index in [1.54, 1.807) is 4.90 Å². The van der Waals surface area contributed by atoms with Crippen molar-refractivity contribution in [3.63, 3.8) is 0 Å². The molecule has 0 aromatic heterocycles. The van der Waals surface area contributed by atoms with E-state index in [1.165, 1.54) is 0 Å². The van der Waals surface area contributed by atoms with Crippen molar-refractivity contribution in [2.45, 2.75) is 44.8 Å². The van der Waals surface area contributed by atoms with Crippen molar-refractivity contribution in [2.24, 2.45) is 0 Å². The average Bonchev–Trinajstić information content (AvgIpc) is 2.28. The van der Waals surface area contributed by atoms with Crippen LogP contribution in [-0.4, -0.2) is 41.4 Å². The van der Waals surface area contributed by atoms with Gasteiger partial charge in [0.05, 0.1) is 0 Å². The molecule has 1 atom stereocenters. The molecule has 4 heteroatoms. The van der Waals surface area contributed by atoms with E-state index in [0.717, 1.165) is 31.2 Å². The maximum atomic E-state index is 12.1. The molecule has 0 bridgehead atoms. The second-order valence-electron chi connectivity index (χ2n) is 4.70. The monoisotopic (exact) mass is 277 g/mol. The fourth-order valence-corrected chi connectivity index (χ4v) is 1.92. The first kappa shape index (κ1) is 13.0. The molecule has 1 heterocycles. The van der Waals surface area contributed by atoms with Crippen LogP contribution in [0.15, 0.2) is 0 Å². The van der Waals surface area contributed by atoms with Crippen molar-refractivity contribution in [1.82, 2.24) is 4.90 Å².